The molecule has 3 heterocycles. The highest BCUT2D eigenvalue weighted by Gasteiger charge is 2.51. The molecule has 0 saturated carbocycles. The first kappa shape index (κ1) is 30.9. The summed E-state index contributed by atoms with van der Waals surface area (Å²) in [7, 11) is 0. The summed E-state index contributed by atoms with van der Waals surface area (Å²) >= 11 is 0. The van der Waals surface area contributed by atoms with Gasteiger partial charge in [0.2, 0.25) is 17.5 Å². The Hall–Kier alpha value is -3.55. The van der Waals surface area contributed by atoms with Gasteiger partial charge in [-0.05, 0) is 24.3 Å². The molecule has 10 N–H and O–H groups in total. The Bertz CT molecular complexity index is 1490. The van der Waals surface area contributed by atoms with Crippen LogP contribution in [-0.2, 0) is 14.2 Å². The fraction of sp³-hybridized carbons (Fsp3) is 0.444. The van der Waals surface area contributed by atoms with Gasteiger partial charge < -0.3 is 74.4 Å². The van der Waals surface area contributed by atoms with Gasteiger partial charge in [-0.25, -0.2) is 0 Å². The second-order valence-electron chi connectivity index (χ2n) is 10.1. The van der Waals surface area contributed by atoms with Crippen molar-refractivity contribution in [3.63, 3.8) is 0 Å². The Morgan fingerprint density at radius 3 is 1.98 bits per heavy atom. The average molecular weight is 611 g/mol. The lowest BCUT2D eigenvalue weighted by molar-refractivity contribution is -0.357. The molecule has 0 spiro atoms. The van der Waals surface area contributed by atoms with Gasteiger partial charge in [-0.15, -0.1) is 0 Å². The maximum atomic E-state index is 12.7. The molecule has 3 aromatic rings. The summed E-state index contributed by atoms with van der Waals surface area (Å²) in [5.74, 6) is -2.01. The lowest BCUT2D eigenvalue weighted by Gasteiger charge is -2.45. The van der Waals surface area contributed by atoms with Crippen LogP contribution in [0.4, 0.5) is 0 Å². The number of ether oxygens (including phenoxy) is 4. The maximum Gasteiger partial charge on any atom is 0.238 e. The molecule has 10 unspecified atom stereocenters. The summed E-state index contributed by atoms with van der Waals surface area (Å²) in [4.78, 5) is 12.7. The molecule has 2 aliphatic rings. The molecule has 2 aliphatic heterocycles. The molecular formula is C27H30O16. The van der Waals surface area contributed by atoms with Gasteiger partial charge in [0.15, 0.2) is 18.2 Å². The number of rotatable bonds is 7. The van der Waals surface area contributed by atoms with E-state index in [4.69, 9.17) is 23.4 Å². The minimum atomic E-state index is -1.84. The SMILES string of the molecule is O=c1c(O)c(-c2ccc(OC3OC(CO)C(O)C(O)C3OC3OC(CO)C(O)C(O)C3O)cc2)oc2cc(O)cc(O)c12. The molecule has 2 saturated heterocycles. The van der Waals surface area contributed by atoms with E-state index in [-0.39, 0.29) is 33.8 Å². The number of benzene rings is 2. The standard InChI is InChI=1S/C27H30O16/c28-7-14-17(32)20(35)23(38)26(41-14)43-25-21(36)18(33)15(8-29)42-27(25)39-11-3-1-9(2-4-11)24-22(37)19(34)16-12(31)5-10(30)6-13(16)40-24/h1-6,14-15,17-18,20-21,23,25-33,35-38H,7-8H2. The summed E-state index contributed by atoms with van der Waals surface area (Å²) in [6.07, 6.45) is -16.3. The molecule has 1 aromatic heterocycles. The van der Waals surface area contributed by atoms with Crippen LogP contribution >= 0.6 is 0 Å². The quantitative estimate of drug-likeness (QED) is 0.133. The van der Waals surface area contributed by atoms with Crippen LogP contribution in [0.2, 0.25) is 0 Å². The normalized spacial score (nSPS) is 33.0. The Morgan fingerprint density at radius 2 is 1.35 bits per heavy atom. The number of aromatic hydroxyl groups is 3. The highest BCUT2D eigenvalue weighted by atomic mass is 16.8. The third-order valence-corrected chi connectivity index (χ3v) is 7.27. The van der Waals surface area contributed by atoms with Crippen LogP contribution in [0.5, 0.6) is 23.0 Å². The van der Waals surface area contributed by atoms with Gasteiger partial charge in [0.05, 0.1) is 13.2 Å². The van der Waals surface area contributed by atoms with Crippen molar-refractivity contribution >= 4 is 11.0 Å². The molecule has 2 fully saturated rings. The smallest absolute Gasteiger partial charge is 0.238 e. The third kappa shape index (κ3) is 5.73. The second-order valence-corrected chi connectivity index (χ2v) is 10.1. The molecule has 2 aromatic carbocycles. The number of phenols is 2. The number of hydrogen-bond acceptors (Lipinski definition) is 16. The molecule has 5 rings (SSSR count). The van der Waals surface area contributed by atoms with E-state index < -0.39 is 91.6 Å². The minimum absolute atomic E-state index is 0.0503. The second kappa shape index (κ2) is 12.2. The third-order valence-electron chi connectivity index (χ3n) is 7.27. The predicted octanol–water partition coefficient (Wildman–Crippen LogP) is -2.42. The number of hydrogen-bond donors (Lipinski definition) is 10. The van der Waals surface area contributed by atoms with Crippen LogP contribution in [0.15, 0.2) is 45.6 Å². The van der Waals surface area contributed by atoms with Crippen molar-refractivity contribution in [3.05, 3.63) is 46.6 Å². The van der Waals surface area contributed by atoms with Crippen molar-refractivity contribution in [1.82, 2.24) is 0 Å². The molecule has 16 heteroatoms. The lowest BCUT2D eigenvalue weighted by atomic mass is 9.97. The van der Waals surface area contributed by atoms with Crippen LogP contribution < -0.4 is 10.2 Å². The first-order valence-electron chi connectivity index (χ1n) is 13.0. The summed E-state index contributed by atoms with van der Waals surface area (Å²) in [6.45, 7) is -1.47. The number of fused-ring (bicyclic) bond motifs is 1. The topological polar surface area (TPSA) is 269 Å². The monoisotopic (exact) mass is 610 g/mol. The Labute approximate surface area is 241 Å². The maximum absolute atomic E-state index is 12.7. The summed E-state index contributed by atoms with van der Waals surface area (Å²) < 4.78 is 27.9. The van der Waals surface area contributed by atoms with Crippen molar-refractivity contribution in [2.24, 2.45) is 0 Å². The number of aliphatic hydroxyl groups excluding tert-OH is 7. The average Bonchev–Trinajstić information content (AvgIpc) is 2.98. The molecule has 0 bridgehead atoms. The van der Waals surface area contributed by atoms with Gasteiger partial charge >= 0.3 is 0 Å². The number of phenolic OH excluding ortho intramolecular Hbond substituents is 2. The van der Waals surface area contributed by atoms with Gasteiger partial charge in [0.1, 0.15) is 70.9 Å². The van der Waals surface area contributed by atoms with E-state index in [9.17, 15) is 55.9 Å². The first-order valence-corrected chi connectivity index (χ1v) is 13.0. The van der Waals surface area contributed by atoms with E-state index >= 15 is 0 Å². The predicted molar refractivity (Wildman–Crippen MR) is 140 cm³/mol. The number of aliphatic hydroxyl groups is 7. The van der Waals surface area contributed by atoms with E-state index in [1.807, 2.05) is 0 Å². The molecule has 16 nitrogen and oxygen atoms in total. The van der Waals surface area contributed by atoms with Gasteiger partial charge in [-0.1, -0.05) is 0 Å². The highest BCUT2D eigenvalue weighted by molar-refractivity contribution is 5.88. The molecule has 43 heavy (non-hydrogen) atoms. The van der Waals surface area contributed by atoms with Crippen molar-refractivity contribution in [2.75, 3.05) is 13.2 Å². The van der Waals surface area contributed by atoms with E-state index in [2.05, 4.69) is 0 Å². The van der Waals surface area contributed by atoms with Crippen molar-refractivity contribution in [3.8, 4) is 34.3 Å². The Morgan fingerprint density at radius 1 is 0.744 bits per heavy atom. The van der Waals surface area contributed by atoms with Crippen LogP contribution in [-0.4, -0.2) is 126 Å². The molecule has 10 atom stereocenters. The molecule has 0 radical (unpaired) electrons. The van der Waals surface area contributed by atoms with Crippen LogP contribution in [0.1, 0.15) is 0 Å². The summed E-state index contributed by atoms with van der Waals surface area (Å²) in [5.41, 5.74) is -0.962. The van der Waals surface area contributed by atoms with E-state index in [0.717, 1.165) is 12.1 Å². The van der Waals surface area contributed by atoms with Crippen molar-refractivity contribution in [2.45, 2.75) is 61.4 Å². The molecule has 0 amide bonds. The van der Waals surface area contributed by atoms with Gasteiger partial charge in [0, 0.05) is 17.7 Å². The molecular weight excluding hydrogens is 580 g/mol. The van der Waals surface area contributed by atoms with Gasteiger partial charge in [-0.3, -0.25) is 4.79 Å². The minimum Gasteiger partial charge on any atom is -0.508 e. The van der Waals surface area contributed by atoms with Crippen LogP contribution in [0, 0.1) is 0 Å². The zero-order chi connectivity index (χ0) is 31.2. The van der Waals surface area contributed by atoms with Crippen LogP contribution in [0.3, 0.4) is 0 Å². The van der Waals surface area contributed by atoms with Crippen molar-refractivity contribution < 1.29 is 74.4 Å². The highest BCUT2D eigenvalue weighted by Crippen LogP contribution is 2.36. The van der Waals surface area contributed by atoms with Gasteiger partial charge in [0.25, 0.3) is 0 Å². The Kier molecular flexibility index (Phi) is 8.77. The van der Waals surface area contributed by atoms with E-state index in [1.165, 1.54) is 24.3 Å². The zero-order valence-corrected chi connectivity index (χ0v) is 22.1. The fourth-order valence-electron chi connectivity index (χ4n) is 4.92. The van der Waals surface area contributed by atoms with Crippen LogP contribution in [0.25, 0.3) is 22.3 Å². The van der Waals surface area contributed by atoms with Crippen molar-refractivity contribution in [1.29, 1.82) is 0 Å². The fourth-order valence-corrected chi connectivity index (χ4v) is 4.92. The summed E-state index contributed by atoms with van der Waals surface area (Å²) in [5, 5.41) is 101. The van der Waals surface area contributed by atoms with Gasteiger partial charge in [-0.2, -0.15) is 0 Å². The molecule has 0 aliphatic carbocycles. The zero-order valence-electron chi connectivity index (χ0n) is 22.1. The first-order chi connectivity index (χ1) is 20.4. The Balaban J connectivity index is 1.41. The van der Waals surface area contributed by atoms with E-state index in [1.54, 1.807) is 0 Å². The largest absolute Gasteiger partial charge is 0.508 e. The molecule has 234 valence electrons. The lowest BCUT2D eigenvalue weighted by Crippen LogP contribution is -2.65. The van der Waals surface area contributed by atoms with E-state index in [0.29, 0.717) is 0 Å². The summed E-state index contributed by atoms with van der Waals surface area (Å²) in [6, 6.07) is 7.44.